The Hall–Kier alpha value is -3.69. The molecule has 0 aliphatic heterocycles. The second-order valence-electron chi connectivity index (χ2n) is 6.87. The largest absolute Gasteiger partial charge is 0.485 e. The van der Waals surface area contributed by atoms with Crippen LogP contribution >= 0.6 is 0 Å². The molecular weight excluding hydrogens is 423 g/mol. The minimum atomic E-state index is -3.13. The molecule has 32 heavy (non-hydrogen) atoms. The van der Waals surface area contributed by atoms with Gasteiger partial charge < -0.3 is 19.8 Å². The van der Waals surface area contributed by atoms with Crippen LogP contribution < -0.4 is 4.74 Å². The molecule has 2 aromatic rings. The summed E-state index contributed by atoms with van der Waals surface area (Å²) in [5.41, 5.74) is 1.73. The molecule has 0 fully saturated rings. The molecule has 10 heteroatoms. The fraction of sp³-hybridized carbons (Fsp3) is 0.273. The average Bonchev–Trinajstić information content (AvgIpc) is 2.75. The molecule has 0 aliphatic rings. The highest BCUT2D eigenvalue weighted by Gasteiger charge is 2.19. The van der Waals surface area contributed by atoms with Crippen molar-refractivity contribution in [1.29, 1.82) is 10.8 Å². The summed E-state index contributed by atoms with van der Waals surface area (Å²) in [5.74, 6) is -2.00. The number of hydrogen-bond donors (Lipinski definition) is 2. The molecule has 1 aromatic carbocycles. The first-order valence-electron chi connectivity index (χ1n) is 9.45. The number of allylic oxidation sites excluding steroid dienone is 1. The van der Waals surface area contributed by atoms with Crippen LogP contribution in [0, 0.1) is 16.6 Å². The molecule has 2 N–H and O–H groups in total. The van der Waals surface area contributed by atoms with Crippen molar-refractivity contribution < 1.29 is 22.6 Å². The normalized spacial score (nSPS) is 12.0. The van der Waals surface area contributed by atoms with E-state index in [-0.39, 0.29) is 35.0 Å². The molecule has 0 saturated carbocycles. The zero-order chi connectivity index (χ0) is 23.8. The van der Waals surface area contributed by atoms with Crippen LogP contribution in [-0.4, -0.2) is 61.6 Å². The van der Waals surface area contributed by atoms with E-state index in [0.717, 1.165) is 11.8 Å². The quantitative estimate of drug-likeness (QED) is 0.464. The zero-order valence-corrected chi connectivity index (χ0v) is 18.1. The number of halogens is 3. The van der Waals surface area contributed by atoms with Gasteiger partial charge in [-0.05, 0) is 43.3 Å². The topological polar surface area (TPSA) is 94.6 Å². The summed E-state index contributed by atoms with van der Waals surface area (Å²) in [4.78, 5) is 9.85. The van der Waals surface area contributed by atoms with E-state index < -0.39 is 18.1 Å². The van der Waals surface area contributed by atoms with E-state index >= 15 is 0 Å². The van der Waals surface area contributed by atoms with Gasteiger partial charge in [0.15, 0.2) is 0 Å². The zero-order valence-electron chi connectivity index (χ0n) is 18.1. The third-order valence-corrected chi connectivity index (χ3v) is 4.27. The summed E-state index contributed by atoms with van der Waals surface area (Å²) in [5, 5.41) is 15.3. The SMILES string of the molecule is CN=C(OC(=N)C(F)F)c1cc(F)cc(-c2ncccc2OCC(=N)/C=C(/C)N(C)C)c1. The standard InChI is InChI=1S/C22H24F3N5O2/c1-13(30(3)4)8-17(26)12-31-18-6-5-7-29-19(18)14-9-15(11-16(23)10-14)22(28-2)32-21(27)20(24)25/h5-11,20,26-27H,12H2,1-4H3/b13-8-,26-17?,27-21?,28-22?. The summed E-state index contributed by atoms with van der Waals surface area (Å²) in [7, 11) is 5.00. The van der Waals surface area contributed by atoms with E-state index in [9.17, 15) is 13.2 Å². The molecule has 0 amide bonds. The average molecular weight is 447 g/mol. The van der Waals surface area contributed by atoms with Crippen molar-refractivity contribution in [3.05, 3.63) is 59.7 Å². The van der Waals surface area contributed by atoms with Gasteiger partial charge in [0.25, 0.3) is 5.90 Å². The van der Waals surface area contributed by atoms with Gasteiger partial charge in [0.2, 0.25) is 5.90 Å². The first-order chi connectivity index (χ1) is 15.1. The lowest BCUT2D eigenvalue weighted by atomic mass is 10.1. The third-order valence-electron chi connectivity index (χ3n) is 4.27. The number of rotatable bonds is 8. The fourth-order valence-corrected chi connectivity index (χ4v) is 2.53. The highest BCUT2D eigenvalue weighted by atomic mass is 19.3. The molecule has 0 spiro atoms. The first-order valence-corrected chi connectivity index (χ1v) is 9.45. The summed E-state index contributed by atoms with van der Waals surface area (Å²) in [6.45, 7) is 1.82. The third kappa shape index (κ3) is 6.66. The number of aliphatic imine (C=N–C) groups is 1. The van der Waals surface area contributed by atoms with Crippen LogP contribution in [0.3, 0.4) is 0 Å². The molecule has 0 radical (unpaired) electrons. The number of nitrogens with one attached hydrogen (secondary N) is 2. The van der Waals surface area contributed by atoms with Crippen LogP contribution in [0.5, 0.6) is 5.75 Å². The van der Waals surface area contributed by atoms with Gasteiger partial charge in [0.05, 0.1) is 5.71 Å². The summed E-state index contributed by atoms with van der Waals surface area (Å²) in [6.07, 6.45) is 0.0257. The van der Waals surface area contributed by atoms with Crippen molar-refractivity contribution in [2.45, 2.75) is 13.3 Å². The highest BCUT2D eigenvalue weighted by molar-refractivity contribution is 6.02. The summed E-state index contributed by atoms with van der Waals surface area (Å²) < 4.78 is 50.2. The van der Waals surface area contributed by atoms with Crippen LogP contribution in [-0.2, 0) is 4.74 Å². The maximum Gasteiger partial charge on any atom is 0.312 e. The van der Waals surface area contributed by atoms with Gasteiger partial charge in [0.1, 0.15) is 23.9 Å². The second-order valence-corrected chi connectivity index (χ2v) is 6.87. The second kappa shape index (κ2) is 11.1. The number of nitrogens with zero attached hydrogens (tertiary/aromatic N) is 3. The predicted molar refractivity (Wildman–Crippen MR) is 118 cm³/mol. The lowest BCUT2D eigenvalue weighted by Crippen LogP contribution is -2.19. The molecule has 0 unspecified atom stereocenters. The van der Waals surface area contributed by atoms with Crippen molar-refractivity contribution in [3.8, 4) is 17.0 Å². The lowest BCUT2D eigenvalue weighted by Gasteiger charge is -2.14. The van der Waals surface area contributed by atoms with Crippen LogP contribution in [0.2, 0.25) is 0 Å². The maximum absolute atomic E-state index is 14.3. The predicted octanol–water partition coefficient (Wildman–Crippen LogP) is 4.39. The highest BCUT2D eigenvalue weighted by Crippen LogP contribution is 2.29. The van der Waals surface area contributed by atoms with E-state index in [4.69, 9.17) is 20.3 Å². The van der Waals surface area contributed by atoms with E-state index in [1.165, 1.54) is 25.4 Å². The summed E-state index contributed by atoms with van der Waals surface area (Å²) >= 11 is 0. The Kier molecular flexibility index (Phi) is 8.51. The Bertz CT molecular complexity index is 1050. The Morgan fingerprint density at radius 3 is 2.59 bits per heavy atom. The van der Waals surface area contributed by atoms with E-state index in [0.29, 0.717) is 5.75 Å². The van der Waals surface area contributed by atoms with Crippen LogP contribution in [0.1, 0.15) is 12.5 Å². The van der Waals surface area contributed by atoms with E-state index in [1.807, 2.05) is 25.9 Å². The molecule has 0 saturated heterocycles. The molecule has 0 aliphatic carbocycles. The Morgan fingerprint density at radius 2 is 1.97 bits per heavy atom. The Balaban J connectivity index is 2.34. The minimum absolute atomic E-state index is 0.0393. The van der Waals surface area contributed by atoms with E-state index in [2.05, 4.69) is 9.98 Å². The first kappa shape index (κ1) is 24.6. The maximum atomic E-state index is 14.3. The number of hydrogen-bond acceptors (Lipinski definition) is 7. The fourth-order valence-electron chi connectivity index (χ4n) is 2.53. The van der Waals surface area contributed by atoms with Crippen molar-refractivity contribution >= 4 is 17.5 Å². The molecule has 1 heterocycles. The van der Waals surface area contributed by atoms with E-state index in [1.54, 1.807) is 18.2 Å². The molecule has 0 bridgehead atoms. The molecular formula is C22H24F3N5O2. The van der Waals surface area contributed by atoms with Crippen molar-refractivity contribution in [1.82, 2.24) is 9.88 Å². The van der Waals surface area contributed by atoms with Gasteiger partial charge in [0, 0.05) is 44.2 Å². The van der Waals surface area contributed by atoms with Gasteiger partial charge >= 0.3 is 6.43 Å². The van der Waals surface area contributed by atoms with Crippen molar-refractivity contribution in [3.63, 3.8) is 0 Å². The lowest BCUT2D eigenvalue weighted by molar-refractivity contribution is 0.198. The number of ether oxygens (including phenoxy) is 2. The van der Waals surface area contributed by atoms with Gasteiger partial charge in [-0.2, -0.15) is 8.78 Å². The molecule has 0 atom stereocenters. The monoisotopic (exact) mass is 447 g/mol. The molecule has 1 aromatic heterocycles. The number of aromatic nitrogens is 1. The van der Waals surface area contributed by atoms with Gasteiger partial charge in [-0.25, -0.2) is 4.39 Å². The van der Waals surface area contributed by atoms with Crippen molar-refractivity contribution in [2.75, 3.05) is 27.7 Å². The Morgan fingerprint density at radius 1 is 1.25 bits per heavy atom. The molecule has 7 nitrogen and oxygen atoms in total. The van der Waals surface area contributed by atoms with Crippen LogP contribution in [0.4, 0.5) is 13.2 Å². The number of alkyl halides is 2. The van der Waals surface area contributed by atoms with Gasteiger partial charge in [-0.3, -0.25) is 15.4 Å². The van der Waals surface area contributed by atoms with Crippen LogP contribution in [0.15, 0.2) is 53.3 Å². The number of pyridine rings is 1. The molecule has 2 rings (SSSR count). The van der Waals surface area contributed by atoms with Gasteiger partial charge in [-0.1, -0.05) is 0 Å². The number of benzene rings is 1. The smallest absolute Gasteiger partial charge is 0.312 e. The van der Waals surface area contributed by atoms with Gasteiger partial charge in [-0.15, -0.1) is 0 Å². The summed E-state index contributed by atoms with van der Waals surface area (Å²) in [6, 6.07) is 6.96. The Labute approximate surface area is 184 Å². The van der Waals surface area contributed by atoms with Crippen molar-refractivity contribution in [2.24, 2.45) is 4.99 Å². The minimum Gasteiger partial charge on any atom is -0.485 e. The molecule has 170 valence electrons. The van der Waals surface area contributed by atoms with Crippen LogP contribution in [0.25, 0.3) is 11.3 Å².